The van der Waals surface area contributed by atoms with Crippen LogP contribution in [0.4, 0.5) is 0 Å². The quantitative estimate of drug-likeness (QED) is 0.783. The molecule has 0 aliphatic rings. The molecule has 0 radical (unpaired) electrons. The SMILES string of the molecule is Cc1ccc(C(=O)OBr)c(CBr)c1. The maximum Gasteiger partial charge on any atom is 0.349 e. The van der Waals surface area contributed by atoms with E-state index in [-0.39, 0.29) is 5.97 Å². The summed E-state index contributed by atoms with van der Waals surface area (Å²) in [5.41, 5.74) is 2.64. The molecule has 0 saturated heterocycles. The Hall–Kier alpha value is -0.350. The lowest BCUT2D eigenvalue weighted by molar-refractivity contribution is 0.0781. The molecule has 0 amide bonds. The van der Waals surface area contributed by atoms with Gasteiger partial charge in [0.1, 0.15) is 0 Å². The molecule has 0 aliphatic carbocycles. The van der Waals surface area contributed by atoms with Gasteiger partial charge in [0.2, 0.25) is 0 Å². The Labute approximate surface area is 93.9 Å². The third-order valence-electron chi connectivity index (χ3n) is 1.69. The second-order valence-electron chi connectivity index (χ2n) is 2.66. The molecule has 0 aliphatic heterocycles. The van der Waals surface area contributed by atoms with E-state index in [1.54, 1.807) is 6.07 Å². The van der Waals surface area contributed by atoms with E-state index in [1.807, 2.05) is 19.1 Å². The molecule has 70 valence electrons. The van der Waals surface area contributed by atoms with Crippen LogP contribution in [-0.2, 0) is 9.16 Å². The van der Waals surface area contributed by atoms with Crippen molar-refractivity contribution < 1.29 is 8.62 Å². The molecule has 1 rings (SSSR count). The highest BCUT2D eigenvalue weighted by molar-refractivity contribution is 9.08. The van der Waals surface area contributed by atoms with Crippen LogP contribution in [0.15, 0.2) is 18.2 Å². The van der Waals surface area contributed by atoms with E-state index in [4.69, 9.17) is 0 Å². The first-order valence-electron chi connectivity index (χ1n) is 3.67. The highest BCUT2D eigenvalue weighted by atomic mass is 79.9. The van der Waals surface area contributed by atoms with Gasteiger partial charge in [0.05, 0.1) is 5.56 Å². The Kier molecular flexibility index (Phi) is 3.93. The fraction of sp³-hybridized carbons (Fsp3) is 0.222. The van der Waals surface area contributed by atoms with Gasteiger partial charge in [0, 0.05) is 5.33 Å². The van der Waals surface area contributed by atoms with Crippen molar-refractivity contribution in [3.05, 3.63) is 34.9 Å². The van der Waals surface area contributed by atoms with E-state index >= 15 is 0 Å². The van der Waals surface area contributed by atoms with Gasteiger partial charge in [-0.15, -0.1) is 0 Å². The van der Waals surface area contributed by atoms with E-state index in [0.29, 0.717) is 10.9 Å². The monoisotopic (exact) mass is 306 g/mol. The first-order chi connectivity index (χ1) is 6.19. The molecule has 0 atom stereocenters. The van der Waals surface area contributed by atoms with Gasteiger partial charge in [-0.1, -0.05) is 33.6 Å². The van der Waals surface area contributed by atoms with Gasteiger partial charge in [-0.25, -0.2) is 4.79 Å². The average Bonchev–Trinajstić information content (AvgIpc) is 2.16. The summed E-state index contributed by atoms with van der Waals surface area (Å²) in [5, 5.41) is 0.645. The molecule has 0 unspecified atom stereocenters. The lowest BCUT2D eigenvalue weighted by Gasteiger charge is -2.04. The molecule has 0 fully saturated rings. The summed E-state index contributed by atoms with van der Waals surface area (Å²) >= 11 is 5.99. The summed E-state index contributed by atoms with van der Waals surface area (Å²) < 4.78 is 4.47. The third kappa shape index (κ3) is 2.54. The van der Waals surface area contributed by atoms with Gasteiger partial charge in [0.25, 0.3) is 0 Å². The Morgan fingerprint density at radius 1 is 1.54 bits per heavy atom. The maximum atomic E-state index is 11.2. The van der Waals surface area contributed by atoms with E-state index in [1.165, 1.54) is 0 Å². The molecule has 1 aromatic rings. The lowest BCUT2D eigenvalue weighted by Crippen LogP contribution is -2.02. The summed E-state index contributed by atoms with van der Waals surface area (Å²) in [5.74, 6) is -0.366. The van der Waals surface area contributed by atoms with Crippen LogP contribution in [-0.4, -0.2) is 5.97 Å². The zero-order valence-corrected chi connectivity index (χ0v) is 10.2. The molecule has 0 aromatic heterocycles. The van der Waals surface area contributed by atoms with Crippen molar-refractivity contribution in [2.45, 2.75) is 12.3 Å². The Balaban J connectivity index is 3.13. The minimum Gasteiger partial charge on any atom is -0.380 e. The number of hydrogen-bond acceptors (Lipinski definition) is 2. The summed E-state index contributed by atoms with van der Waals surface area (Å²) in [6, 6.07) is 5.59. The molecule has 2 nitrogen and oxygen atoms in total. The average molecular weight is 308 g/mol. The van der Waals surface area contributed by atoms with Crippen LogP contribution in [0.25, 0.3) is 0 Å². The topological polar surface area (TPSA) is 26.3 Å². The van der Waals surface area contributed by atoms with Crippen molar-refractivity contribution in [1.82, 2.24) is 0 Å². The third-order valence-corrected chi connectivity index (χ3v) is 2.59. The van der Waals surface area contributed by atoms with Gasteiger partial charge in [0.15, 0.2) is 16.3 Å². The van der Waals surface area contributed by atoms with Gasteiger partial charge < -0.3 is 3.83 Å². The molecular weight excluding hydrogens is 300 g/mol. The number of carbonyl (C=O) groups excluding carboxylic acids is 1. The molecule has 0 saturated carbocycles. The van der Waals surface area contributed by atoms with Crippen LogP contribution < -0.4 is 0 Å². The number of hydrogen-bond donors (Lipinski definition) is 0. The molecule has 0 bridgehead atoms. The number of benzene rings is 1. The second-order valence-corrected chi connectivity index (χ2v) is 3.54. The number of halogens is 2. The van der Waals surface area contributed by atoms with Gasteiger partial charge >= 0.3 is 5.97 Å². The lowest BCUT2D eigenvalue weighted by atomic mass is 10.1. The van der Waals surface area contributed by atoms with Crippen molar-refractivity contribution in [3.63, 3.8) is 0 Å². The second kappa shape index (κ2) is 4.77. The first kappa shape index (κ1) is 10.7. The largest absolute Gasteiger partial charge is 0.380 e. The van der Waals surface area contributed by atoms with Crippen molar-refractivity contribution >= 4 is 38.2 Å². The van der Waals surface area contributed by atoms with E-state index in [0.717, 1.165) is 11.1 Å². The predicted molar refractivity (Wildman–Crippen MR) is 58.2 cm³/mol. The molecule has 13 heavy (non-hydrogen) atoms. The Bertz CT molecular complexity index is 323. The normalized spacial score (nSPS) is 9.77. The number of rotatable bonds is 2. The fourth-order valence-corrected chi connectivity index (χ4v) is 1.71. The van der Waals surface area contributed by atoms with Crippen LogP contribution in [0.2, 0.25) is 0 Å². The highest BCUT2D eigenvalue weighted by Crippen LogP contribution is 2.16. The maximum absolute atomic E-state index is 11.2. The molecule has 0 heterocycles. The van der Waals surface area contributed by atoms with Crippen LogP contribution in [0.3, 0.4) is 0 Å². The Morgan fingerprint density at radius 2 is 2.23 bits per heavy atom. The van der Waals surface area contributed by atoms with E-state index < -0.39 is 0 Å². The van der Waals surface area contributed by atoms with E-state index in [9.17, 15) is 4.79 Å². The molecule has 4 heteroatoms. The number of carbonyl (C=O) groups is 1. The zero-order valence-electron chi connectivity index (χ0n) is 7.01. The molecule has 0 N–H and O–H groups in total. The number of aryl methyl sites for hydroxylation is 1. The number of alkyl halides is 1. The summed E-state index contributed by atoms with van der Waals surface area (Å²) in [4.78, 5) is 11.2. The highest BCUT2D eigenvalue weighted by Gasteiger charge is 2.10. The summed E-state index contributed by atoms with van der Waals surface area (Å²) in [7, 11) is 0. The smallest absolute Gasteiger partial charge is 0.349 e. The zero-order chi connectivity index (χ0) is 9.84. The van der Waals surface area contributed by atoms with Crippen molar-refractivity contribution in [2.24, 2.45) is 0 Å². The molecule has 0 spiro atoms. The van der Waals surface area contributed by atoms with Gasteiger partial charge in [-0.2, -0.15) is 0 Å². The first-order valence-corrected chi connectivity index (χ1v) is 5.44. The minimum absolute atomic E-state index is 0.366. The van der Waals surface area contributed by atoms with Gasteiger partial charge in [-0.05, 0) is 18.6 Å². The molecule has 1 aromatic carbocycles. The standard InChI is InChI=1S/C9H8Br2O2/c1-6-2-3-8(9(12)13-11)7(4-6)5-10/h2-4H,5H2,1H3. The molecular formula is C9H8Br2O2. The Morgan fingerprint density at radius 3 is 2.77 bits per heavy atom. The summed E-state index contributed by atoms with van der Waals surface area (Å²) in [6.45, 7) is 1.98. The van der Waals surface area contributed by atoms with Crippen molar-refractivity contribution in [2.75, 3.05) is 0 Å². The summed E-state index contributed by atoms with van der Waals surface area (Å²) in [6.07, 6.45) is 0. The van der Waals surface area contributed by atoms with Crippen LogP contribution in [0.5, 0.6) is 0 Å². The van der Waals surface area contributed by atoms with Crippen molar-refractivity contribution in [1.29, 1.82) is 0 Å². The predicted octanol–water partition coefficient (Wildman–Crippen LogP) is 3.36. The van der Waals surface area contributed by atoms with Crippen LogP contribution in [0, 0.1) is 6.92 Å². The fourth-order valence-electron chi connectivity index (χ4n) is 1.07. The minimum atomic E-state index is -0.366. The van der Waals surface area contributed by atoms with E-state index in [2.05, 4.69) is 36.0 Å². The van der Waals surface area contributed by atoms with Crippen LogP contribution >= 0.6 is 32.2 Å². The van der Waals surface area contributed by atoms with Crippen molar-refractivity contribution in [3.8, 4) is 0 Å². The van der Waals surface area contributed by atoms with Gasteiger partial charge in [-0.3, -0.25) is 0 Å². The van der Waals surface area contributed by atoms with Crippen LogP contribution in [0.1, 0.15) is 21.5 Å².